The summed E-state index contributed by atoms with van der Waals surface area (Å²) in [6, 6.07) is 7.60. The van der Waals surface area contributed by atoms with Gasteiger partial charge in [-0.1, -0.05) is 12.1 Å². The van der Waals surface area contributed by atoms with Crippen LogP contribution in [-0.2, 0) is 4.79 Å². The third-order valence-corrected chi connectivity index (χ3v) is 4.09. The molecule has 0 atom stereocenters. The minimum absolute atomic E-state index is 0.00695. The van der Waals surface area contributed by atoms with Crippen LogP contribution in [0.5, 0.6) is 0 Å². The normalized spacial score (nSPS) is 17.1. The lowest BCUT2D eigenvalue weighted by molar-refractivity contribution is -0.117. The molecule has 1 fully saturated rings. The van der Waals surface area contributed by atoms with Crippen LogP contribution in [0.4, 0.5) is 5.69 Å². The molecule has 1 aromatic rings. The summed E-state index contributed by atoms with van der Waals surface area (Å²) >= 11 is 3.42. The van der Waals surface area contributed by atoms with Crippen LogP contribution in [0.3, 0.4) is 0 Å². The average molecular weight is 342 g/mol. The quantitative estimate of drug-likeness (QED) is 0.838. The summed E-state index contributed by atoms with van der Waals surface area (Å²) < 4.78 is 0.890. The van der Waals surface area contributed by atoms with E-state index >= 15 is 0 Å². The molecule has 1 heterocycles. The van der Waals surface area contributed by atoms with E-state index in [1.807, 2.05) is 24.3 Å². The van der Waals surface area contributed by atoms with Crippen molar-refractivity contribution in [1.82, 2.24) is 9.80 Å². The van der Waals surface area contributed by atoms with Crippen LogP contribution in [0.15, 0.2) is 28.7 Å². The lowest BCUT2D eigenvalue weighted by atomic mass is 10.3. The first-order valence-electron chi connectivity index (χ1n) is 6.79. The molecule has 5 nitrogen and oxygen atoms in total. The fraction of sp³-hybridized carbons (Fsp3) is 0.500. The fourth-order valence-corrected chi connectivity index (χ4v) is 2.65. The number of amides is 1. The van der Waals surface area contributed by atoms with Gasteiger partial charge in [0.15, 0.2) is 0 Å². The zero-order valence-electron chi connectivity index (χ0n) is 11.4. The number of benzene rings is 1. The highest BCUT2D eigenvalue weighted by Gasteiger charge is 2.18. The van der Waals surface area contributed by atoms with Crippen molar-refractivity contribution < 1.29 is 9.90 Å². The van der Waals surface area contributed by atoms with E-state index in [9.17, 15) is 4.79 Å². The Morgan fingerprint density at radius 2 is 1.85 bits per heavy atom. The predicted octanol–water partition coefficient (Wildman–Crippen LogP) is 0.998. The van der Waals surface area contributed by atoms with Gasteiger partial charge in [-0.3, -0.25) is 14.6 Å². The van der Waals surface area contributed by atoms with Crippen LogP contribution in [0.25, 0.3) is 0 Å². The van der Waals surface area contributed by atoms with Crippen LogP contribution < -0.4 is 5.32 Å². The molecule has 0 spiro atoms. The van der Waals surface area contributed by atoms with Gasteiger partial charge in [0, 0.05) is 37.2 Å². The first-order chi connectivity index (χ1) is 9.69. The van der Waals surface area contributed by atoms with Crippen molar-refractivity contribution in [3.8, 4) is 0 Å². The van der Waals surface area contributed by atoms with E-state index in [2.05, 4.69) is 31.0 Å². The number of halogens is 1. The molecule has 0 saturated carbocycles. The number of aliphatic hydroxyl groups is 1. The van der Waals surface area contributed by atoms with E-state index in [0.29, 0.717) is 6.54 Å². The van der Waals surface area contributed by atoms with E-state index < -0.39 is 0 Å². The topological polar surface area (TPSA) is 55.8 Å². The predicted molar refractivity (Wildman–Crippen MR) is 82.7 cm³/mol. The van der Waals surface area contributed by atoms with Crippen molar-refractivity contribution in [1.29, 1.82) is 0 Å². The van der Waals surface area contributed by atoms with E-state index in [4.69, 9.17) is 5.11 Å². The fourth-order valence-electron chi connectivity index (χ4n) is 2.27. The van der Waals surface area contributed by atoms with Gasteiger partial charge in [0.2, 0.25) is 5.91 Å². The number of hydrogen-bond donors (Lipinski definition) is 2. The van der Waals surface area contributed by atoms with Crippen molar-refractivity contribution >= 4 is 27.5 Å². The number of β-amino-alcohol motifs (C(OH)–C–C–N with tert-alkyl or cyclic N) is 1. The zero-order chi connectivity index (χ0) is 14.4. The molecule has 2 rings (SSSR count). The van der Waals surface area contributed by atoms with Gasteiger partial charge in [0.25, 0.3) is 0 Å². The number of rotatable bonds is 5. The molecule has 20 heavy (non-hydrogen) atoms. The number of hydrogen-bond acceptors (Lipinski definition) is 4. The molecule has 110 valence electrons. The molecule has 1 aliphatic heterocycles. The van der Waals surface area contributed by atoms with Gasteiger partial charge < -0.3 is 10.4 Å². The summed E-state index contributed by atoms with van der Waals surface area (Å²) in [7, 11) is 0. The second kappa shape index (κ2) is 7.73. The number of aliphatic hydroxyl groups excluding tert-OH is 1. The van der Waals surface area contributed by atoms with Gasteiger partial charge >= 0.3 is 0 Å². The second-order valence-electron chi connectivity index (χ2n) is 4.87. The molecule has 2 N–H and O–H groups in total. The number of anilines is 1. The highest BCUT2D eigenvalue weighted by Crippen LogP contribution is 2.21. The molecule has 0 aromatic heterocycles. The van der Waals surface area contributed by atoms with Crippen LogP contribution in [-0.4, -0.2) is 66.7 Å². The first kappa shape index (κ1) is 15.4. The van der Waals surface area contributed by atoms with Gasteiger partial charge in [-0.2, -0.15) is 0 Å². The SMILES string of the molecule is O=C(CN1CCN(CCO)CC1)Nc1ccccc1Br. The minimum Gasteiger partial charge on any atom is -0.395 e. The Kier molecular flexibility index (Phi) is 5.97. The first-order valence-corrected chi connectivity index (χ1v) is 7.58. The van der Waals surface area contributed by atoms with Crippen molar-refractivity contribution in [2.24, 2.45) is 0 Å². The van der Waals surface area contributed by atoms with E-state index in [1.54, 1.807) is 0 Å². The molecule has 1 aliphatic rings. The highest BCUT2D eigenvalue weighted by atomic mass is 79.9. The molecule has 0 unspecified atom stereocenters. The Bertz CT molecular complexity index is 448. The Balaban J connectivity index is 1.77. The van der Waals surface area contributed by atoms with Crippen LogP contribution in [0.2, 0.25) is 0 Å². The summed E-state index contributed by atoms with van der Waals surface area (Å²) in [5, 5.41) is 11.8. The number of carbonyl (C=O) groups excluding carboxylic acids is 1. The van der Waals surface area contributed by atoms with Gasteiger partial charge in [-0.15, -0.1) is 0 Å². The molecule has 0 bridgehead atoms. The smallest absolute Gasteiger partial charge is 0.238 e. The molecule has 1 amide bonds. The number of carbonyl (C=O) groups is 1. The van der Waals surface area contributed by atoms with Crippen molar-refractivity contribution in [3.63, 3.8) is 0 Å². The van der Waals surface area contributed by atoms with E-state index in [1.165, 1.54) is 0 Å². The molecule has 1 saturated heterocycles. The number of nitrogens with one attached hydrogen (secondary N) is 1. The maximum absolute atomic E-state index is 12.0. The second-order valence-corrected chi connectivity index (χ2v) is 5.72. The molecule has 6 heteroatoms. The molecule has 0 radical (unpaired) electrons. The summed E-state index contributed by atoms with van der Waals surface area (Å²) in [6.07, 6.45) is 0. The van der Waals surface area contributed by atoms with Gasteiger partial charge in [-0.05, 0) is 28.1 Å². The van der Waals surface area contributed by atoms with Gasteiger partial charge in [0.05, 0.1) is 18.8 Å². The maximum Gasteiger partial charge on any atom is 0.238 e. The minimum atomic E-state index is 0.00695. The zero-order valence-corrected chi connectivity index (χ0v) is 13.0. The third kappa shape index (κ3) is 4.56. The van der Waals surface area contributed by atoms with E-state index in [0.717, 1.165) is 42.9 Å². The van der Waals surface area contributed by atoms with Gasteiger partial charge in [0.1, 0.15) is 0 Å². The van der Waals surface area contributed by atoms with Crippen molar-refractivity contribution in [2.45, 2.75) is 0 Å². The Morgan fingerprint density at radius 3 is 2.50 bits per heavy atom. The highest BCUT2D eigenvalue weighted by molar-refractivity contribution is 9.10. The molecular weight excluding hydrogens is 322 g/mol. The van der Waals surface area contributed by atoms with Crippen LogP contribution in [0.1, 0.15) is 0 Å². The lowest BCUT2D eigenvalue weighted by Gasteiger charge is -2.33. The maximum atomic E-state index is 12.0. The third-order valence-electron chi connectivity index (χ3n) is 3.40. The number of para-hydroxylation sites is 1. The summed E-state index contributed by atoms with van der Waals surface area (Å²) in [4.78, 5) is 16.4. The van der Waals surface area contributed by atoms with E-state index in [-0.39, 0.29) is 12.5 Å². The number of nitrogens with zero attached hydrogens (tertiary/aromatic N) is 2. The number of piperazine rings is 1. The van der Waals surface area contributed by atoms with Crippen molar-refractivity contribution in [2.75, 3.05) is 51.2 Å². The Morgan fingerprint density at radius 1 is 1.20 bits per heavy atom. The summed E-state index contributed by atoms with van der Waals surface area (Å²) in [5.41, 5.74) is 0.802. The molecular formula is C14H20BrN3O2. The summed E-state index contributed by atoms with van der Waals surface area (Å²) in [6.45, 7) is 4.87. The van der Waals surface area contributed by atoms with Crippen molar-refractivity contribution in [3.05, 3.63) is 28.7 Å². The molecule has 1 aromatic carbocycles. The largest absolute Gasteiger partial charge is 0.395 e. The summed E-state index contributed by atoms with van der Waals surface area (Å²) in [5.74, 6) is 0.00695. The Labute approximate surface area is 127 Å². The average Bonchev–Trinajstić information content (AvgIpc) is 2.44. The monoisotopic (exact) mass is 341 g/mol. The lowest BCUT2D eigenvalue weighted by Crippen LogP contribution is -2.49. The standard InChI is InChI=1S/C14H20BrN3O2/c15-12-3-1-2-4-13(12)16-14(20)11-18-7-5-17(6-8-18)9-10-19/h1-4,19H,5-11H2,(H,16,20). The Hall–Kier alpha value is -0.950. The van der Waals surface area contributed by atoms with Gasteiger partial charge in [-0.25, -0.2) is 0 Å². The van der Waals surface area contributed by atoms with Crippen LogP contribution in [0, 0.1) is 0 Å². The molecule has 0 aliphatic carbocycles. The van der Waals surface area contributed by atoms with Crippen LogP contribution >= 0.6 is 15.9 Å².